The van der Waals surface area contributed by atoms with Gasteiger partial charge in [0.15, 0.2) is 15.5 Å². The van der Waals surface area contributed by atoms with Gasteiger partial charge in [0, 0.05) is 18.0 Å². The van der Waals surface area contributed by atoms with Crippen molar-refractivity contribution in [2.45, 2.75) is 24.4 Å². The molecule has 0 saturated heterocycles. The van der Waals surface area contributed by atoms with Crippen molar-refractivity contribution >= 4 is 9.84 Å². The first-order valence-corrected chi connectivity index (χ1v) is 13.8. The van der Waals surface area contributed by atoms with E-state index in [-0.39, 0.29) is 27.8 Å². The van der Waals surface area contributed by atoms with E-state index in [9.17, 15) is 34.8 Å². The van der Waals surface area contributed by atoms with Crippen LogP contribution in [-0.2, 0) is 16.0 Å². The maximum absolute atomic E-state index is 13.5. The van der Waals surface area contributed by atoms with Gasteiger partial charge >= 0.3 is 12.5 Å². The lowest BCUT2D eigenvalue weighted by molar-refractivity contribution is -0.274. The summed E-state index contributed by atoms with van der Waals surface area (Å²) >= 11 is 0. The van der Waals surface area contributed by atoms with Crippen LogP contribution in [-0.4, -0.2) is 45.6 Å². The third-order valence-electron chi connectivity index (χ3n) is 6.16. The summed E-state index contributed by atoms with van der Waals surface area (Å²) in [5, 5.41) is 7.96. The molecule has 5 rings (SSSR count). The van der Waals surface area contributed by atoms with E-state index in [0.717, 1.165) is 24.6 Å². The monoisotopic (exact) mass is 607 g/mol. The lowest BCUT2D eigenvalue weighted by Crippen LogP contribution is -2.17. The Morgan fingerprint density at radius 1 is 0.881 bits per heavy atom. The highest BCUT2D eigenvalue weighted by Gasteiger charge is 2.35. The minimum Gasteiger partial charge on any atom is -0.406 e. The molecule has 0 unspecified atom stereocenters. The summed E-state index contributed by atoms with van der Waals surface area (Å²) in [4.78, 5) is 3.72. The molecular weight excluding hydrogens is 588 g/mol. The van der Waals surface area contributed by atoms with E-state index in [1.807, 2.05) is 0 Å². The topological polar surface area (TPSA) is 91.9 Å². The zero-order valence-electron chi connectivity index (χ0n) is 21.6. The third-order valence-corrected chi connectivity index (χ3v) is 7.27. The summed E-state index contributed by atoms with van der Waals surface area (Å²) in [5.74, 6) is -0.432. The first kappa shape index (κ1) is 28.9. The molecule has 5 aromatic rings. The largest absolute Gasteiger partial charge is 0.573 e. The van der Waals surface area contributed by atoms with Gasteiger partial charge in [-0.25, -0.2) is 18.1 Å². The van der Waals surface area contributed by atoms with Crippen LogP contribution in [0.25, 0.3) is 33.8 Å². The summed E-state index contributed by atoms with van der Waals surface area (Å²) in [6, 6.07) is 15.7. The number of ether oxygens (including phenoxy) is 1. The van der Waals surface area contributed by atoms with Gasteiger partial charge in [-0.1, -0.05) is 23.4 Å². The van der Waals surface area contributed by atoms with Crippen molar-refractivity contribution in [1.82, 2.24) is 24.5 Å². The molecule has 218 valence electrons. The number of imidazole rings is 1. The Balaban J connectivity index is 1.69. The Hall–Kier alpha value is -4.66. The van der Waals surface area contributed by atoms with Gasteiger partial charge in [-0.05, 0) is 66.6 Å². The zero-order chi connectivity index (χ0) is 30.4. The van der Waals surface area contributed by atoms with Crippen LogP contribution < -0.4 is 4.74 Å². The Labute approximate surface area is 234 Å². The van der Waals surface area contributed by atoms with Gasteiger partial charge < -0.3 is 9.30 Å². The molecule has 0 radical (unpaired) electrons. The number of hydrogen-bond acceptors (Lipinski definition) is 6. The molecule has 0 spiro atoms. The summed E-state index contributed by atoms with van der Waals surface area (Å²) in [5.41, 5.74) is 1.07. The van der Waals surface area contributed by atoms with E-state index < -0.39 is 33.8 Å². The molecule has 0 aliphatic rings. The molecule has 0 N–H and O–H groups in total. The lowest BCUT2D eigenvalue weighted by atomic mass is 10.00. The molecular formula is C27H19F6N5O3S. The number of hydrogen-bond donors (Lipinski definition) is 0. The Kier molecular flexibility index (Phi) is 7.08. The number of rotatable bonds is 6. The van der Waals surface area contributed by atoms with E-state index in [0.29, 0.717) is 16.7 Å². The summed E-state index contributed by atoms with van der Waals surface area (Å²) in [7, 11) is -3.54. The summed E-state index contributed by atoms with van der Waals surface area (Å²) in [6.07, 6.45) is -6.34. The maximum atomic E-state index is 13.5. The molecule has 0 saturated carbocycles. The van der Waals surface area contributed by atoms with Crippen molar-refractivity contribution in [3.63, 3.8) is 0 Å². The highest BCUT2D eigenvalue weighted by Crippen LogP contribution is 2.36. The van der Waals surface area contributed by atoms with Crippen LogP contribution in [0, 0.1) is 6.92 Å². The van der Waals surface area contributed by atoms with E-state index in [2.05, 4.69) is 20.0 Å². The highest BCUT2D eigenvalue weighted by molar-refractivity contribution is 7.90. The highest BCUT2D eigenvalue weighted by atomic mass is 32.2. The van der Waals surface area contributed by atoms with Crippen LogP contribution in [0.4, 0.5) is 26.3 Å². The quantitative estimate of drug-likeness (QED) is 0.207. The SMILES string of the molecule is Cc1nc(C(F)(F)F)cn1-c1ccc(-c2cccc(S(C)(=O)=O)c2)cc1-c1cnnn1-c1ccc(OC(F)(F)F)cc1. The summed E-state index contributed by atoms with van der Waals surface area (Å²) in [6.45, 7) is 1.40. The Morgan fingerprint density at radius 2 is 1.57 bits per heavy atom. The molecule has 8 nitrogen and oxygen atoms in total. The van der Waals surface area contributed by atoms with Crippen LogP contribution in [0.2, 0.25) is 0 Å². The van der Waals surface area contributed by atoms with Crippen molar-refractivity contribution in [3.8, 4) is 39.5 Å². The molecule has 0 aliphatic heterocycles. The van der Waals surface area contributed by atoms with E-state index >= 15 is 0 Å². The maximum Gasteiger partial charge on any atom is 0.573 e. The Morgan fingerprint density at radius 3 is 2.19 bits per heavy atom. The normalized spacial score (nSPS) is 12.5. The van der Waals surface area contributed by atoms with Crippen LogP contribution in [0.3, 0.4) is 0 Å². The number of nitrogens with zero attached hydrogens (tertiary/aromatic N) is 5. The number of sulfone groups is 1. The second-order valence-corrected chi connectivity index (χ2v) is 11.2. The van der Waals surface area contributed by atoms with E-state index in [4.69, 9.17) is 0 Å². The van der Waals surface area contributed by atoms with Gasteiger partial charge in [0.2, 0.25) is 0 Å². The number of halogens is 6. The van der Waals surface area contributed by atoms with Crippen molar-refractivity contribution in [2.24, 2.45) is 0 Å². The average molecular weight is 608 g/mol. The zero-order valence-corrected chi connectivity index (χ0v) is 22.5. The standard InChI is InChI=1S/C27H19F6N5O3S/c1-16-35-25(26(28,29)30)15-37(16)23-11-6-18(17-4-3-5-21(12-17)42(2,39)40)13-22(23)24-14-34-36-38(24)19-7-9-20(10-8-19)41-27(31,32)33/h3-15H,1-2H3. The van der Waals surface area contributed by atoms with Crippen LogP contribution in [0.1, 0.15) is 11.5 Å². The van der Waals surface area contributed by atoms with Crippen LogP contribution in [0.15, 0.2) is 84.0 Å². The van der Waals surface area contributed by atoms with Gasteiger partial charge in [-0.3, -0.25) is 0 Å². The predicted molar refractivity (Wildman–Crippen MR) is 139 cm³/mol. The van der Waals surface area contributed by atoms with E-state index in [1.165, 1.54) is 46.6 Å². The van der Waals surface area contributed by atoms with Gasteiger partial charge in [0.1, 0.15) is 11.6 Å². The fraction of sp³-hybridized carbons (Fsp3) is 0.148. The first-order valence-electron chi connectivity index (χ1n) is 12.0. The molecule has 0 fully saturated rings. The molecule has 42 heavy (non-hydrogen) atoms. The van der Waals surface area contributed by atoms with Crippen molar-refractivity contribution in [1.29, 1.82) is 0 Å². The van der Waals surface area contributed by atoms with Crippen molar-refractivity contribution in [2.75, 3.05) is 6.26 Å². The first-order chi connectivity index (χ1) is 19.6. The molecule has 3 aromatic carbocycles. The third kappa shape index (κ3) is 6.00. The van der Waals surface area contributed by atoms with Crippen LogP contribution in [0.5, 0.6) is 5.75 Å². The van der Waals surface area contributed by atoms with Gasteiger partial charge in [0.25, 0.3) is 0 Å². The molecule has 2 aromatic heterocycles. The lowest BCUT2D eigenvalue weighted by Gasteiger charge is -2.16. The molecule has 2 heterocycles. The average Bonchev–Trinajstić information content (AvgIpc) is 3.54. The predicted octanol–water partition coefficient (Wildman–Crippen LogP) is 6.42. The molecule has 15 heteroatoms. The van der Waals surface area contributed by atoms with Gasteiger partial charge in [-0.2, -0.15) is 13.2 Å². The number of benzene rings is 3. The Bertz CT molecular complexity index is 1880. The van der Waals surface area contributed by atoms with Crippen molar-refractivity contribution in [3.05, 3.63) is 90.6 Å². The number of aryl methyl sites for hydroxylation is 1. The van der Waals surface area contributed by atoms with Crippen molar-refractivity contribution < 1.29 is 39.5 Å². The fourth-order valence-electron chi connectivity index (χ4n) is 4.29. The van der Waals surface area contributed by atoms with Crippen LogP contribution >= 0.6 is 0 Å². The molecule has 0 amide bonds. The minimum absolute atomic E-state index is 0.0306. The molecule has 0 atom stereocenters. The minimum atomic E-state index is -4.89. The van der Waals surface area contributed by atoms with E-state index in [1.54, 1.807) is 30.3 Å². The second kappa shape index (κ2) is 10.3. The molecule has 0 bridgehead atoms. The fourth-order valence-corrected chi connectivity index (χ4v) is 4.96. The number of alkyl halides is 6. The molecule has 0 aliphatic carbocycles. The van der Waals surface area contributed by atoms with Gasteiger partial charge in [0.05, 0.1) is 28.2 Å². The smallest absolute Gasteiger partial charge is 0.406 e. The summed E-state index contributed by atoms with van der Waals surface area (Å²) < 4.78 is 109. The second-order valence-electron chi connectivity index (χ2n) is 9.15. The number of aromatic nitrogens is 5. The van der Waals surface area contributed by atoms with Gasteiger partial charge in [-0.15, -0.1) is 18.3 Å².